The molecular weight excluding hydrogens is 243 g/mol. The van der Waals surface area contributed by atoms with Gasteiger partial charge in [-0.25, -0.2) is 4.98 Å². The van der Waals surface area contributed by atoms with Gasteiger partial charge in [0, 0.05) is 28.8 Å². The van der Waals surface area contributed by atoms with Gasteiger partial charge in [-0.2, -0.15) is 0 Å². The Kier molecular flexibility index (Phi) is 2.61. The Labute approximate surface area is 72.0 Å². The molecule has 0 aliphatic rings. The number of anilines is 1. The van der Waals surface area contributed by atoms with Crippen LogP contribution in [0.4, 0.5) is 10.6 Å². The minimum Gasteiger partial charge on any atom is -0.302 e. The van der Waals surface area contributed by atoms with Gasteiger partial charge in [0.1, 0.15) is 5.82 Å². The van der Waals surface area contributed by atoms with Gasteiger partial charge in [0.15, 0.2) is 0 Å². The number of carbonyl (C=O) groups is 1. The summed E-state index contributed by atoms with van der Waals surface area (Å²) < 4.78 is -0.128. The fourth-order valence-corrected chi connectivity index (χ4v) is 0.814. The lowest BCUT2D eigenvalue weighted by Crippen LogP contribution is -2.01. The summed E-state index contributed by atoms with van der Waals surface area (Å²) in [6.07, 6.45) is 1.63. The van der Waals surface area contributed by atoms with Crippen LogP contribution in [0.5, 0.6) is 0 Å². The Morgan fingerprint density at radius 1 is 1.60 bits per heavy atom. The summed E-state index contributed by atoms with van der Waals surface area (Å²) in [7, 11) is 0. The van der Waals surface area contributed by atoms with E-state index in [4.69, 9.17) is 0 Å². The van der Waals surface area contributed by atoms with Gasteiger partial charge in [0.2, 0.25) is 0 Å². The normalized spacial score (nSPS) is 8.90. The van der Waals surface area contributed by atoms with Gasteiger partial charge < -0.3 is 5.32 Å². The molecule has 10 heavy (non-hydrogen) atoms. The number of hydrogen-bond donors (Lipinski definition) is 1. The van der Waals surface area contributed by atoms with Crippen LogP contribution in [0.2, 0.25) is 0 Å². The number of nitrogens with one attached hydrogen (secondary N) is 1. The van der Waals surface area contributed by atoms with E-state index >= 15 is 0 Å². The van der Waals surface area contributed by atoms with E-state index in [0.717, 1.165) is 0 Å². The molecule has 0 unspecified atom stereocenters. The van der Waals surface area contributed by atoms with E-state index in [1.54, 1.807) is 40.9 Å². The number of carbonyl (C=O) groups excluding carboxylic acids is 1. The van der Waals surface area contributed by atoms with Crippen LogP contribution in [0.15, 0.2) is 24.4 Å². The van der Waals surface area contributed by atoms with Crippen molar-refractivity contribution in [3.63, 3.8) is 0 Å². The van der Waals surface area contributed by atoms with E-state index in [1.807, 2.05) is 6.07 Å². The molecule has 1 heterocycles. The lowest BCUT2D eigenvalue weighted by molar-refractivity contribution is 0.271. The number of pyridine rings is 1. The monoisotopic (exact) mass is 248 g/mol. The molecule has 1 amide bonds. The average Bonchev–Trinajstić information content (AvgIpc) is 1.88. The molecule has 1 aromatic rings. The third kappa shape index (κ3) is 2.30. The predicted octanol–water partition coefficient (Wildman–Crippen LogP) is 2.05. The van der Waals surface area contributed by atoms with Crippen molar-refractivity contribution in [2.75, 3.05) is 5.32 Å². The zero-order valence-corrected chi connectivity index (χ0v) is 7.20. The van der Waals surface area contributed by atoms with E-state index in [0.29, 0.717) is 5.82 Å². The predicted molar refractivity (Wildman–Crippen MR) is 47.3 cm³/mol. The third-order valence-corrected chi connectivity index (χ3v) is 1.16. The Hall–Kier alpha value is -0.650. The molecule has 0 spiro atoms. The molecule has 1 aromatic heterocycles. The fourth-order valence-electron chi connectivity index (χ4n) is 0.537. The van der Waals surface area contributed by atoms with Crippen molar-refractivity contribution < 1.29 is 4.79 Å². The number of aromatic nitrogens is 1. The van der Waals surface area contributed by atoms with Crippen LogP contribution < -0.4 is 5.32 Å². The van der Waals surface area contributed by atoms with Crippen molar-refractivity contribution in [1.29, 1.82) is 0 Å². The third-order valence-electron chi connectivity index (χ3n) is 0.891. The van der Waals surface area contributed by atoms with E-state index in [-0.39, 0.29) is 3.91 Å². The summed E-state index contributed by atoms with van der Waals surface area (Å²) in [4.78, 5) is 14.3. The molecular formula is C6H5IN2O. The van der Waals surface area contributed by atoms with Crippen LogP contribution in [0.3, 0.4) is 0 Å². The van der Waals surface area contributed by atoms with Crippen molar-refractivity contribution >= 4 is 32.3 Å². The highest BCUT2D eigenvalue weighted by molar-refractivity contribution is 14.1. The first-order valence-corrected chi connectivity index (χ1v) is 3.74. The van der Waals surface area contributed by atoms with Gasteiger partial charge in [-0.1, -0.05) is 6.07 Å². The molecule has 0 aliphatic heterocycles. The average molecular weight is 248 g/mol. The van der Waals surface area contributed by atoms with Crippen LogP contribution in [0.1, 0.15) is 0 Å². The first-order chi connectivity index (χ1) is 4.79. The first kappa shape index (κ1) is 7.46. The molecule has 1 N–H and O–H groups in total. The molecule has 3 nitrogen and oxygen atoms in total. The second-order valence-corrected chi connectivity index (χ2v) is 2.59. The highest BCUT2D eigenvalue weighted by Gasteiger charge is 1.93. The first-order valence-electron chi connectivity index (χ1n) is 2.66. The Morgan fingerprint density at radius 2 is 2.40 bits per heavy atom. The summed E-state index contributed by atoms with van der Waals surface area (Å²) in [6, 6.07) is 5.34. The quantitative estimate of drug-likeness (QED) is 0.469. The zero-order chi connectivity index (χ0) is 7.40. The molecule has 0 saturated carbocycles. The maximum atomic E-state index is 10.4. The van der Waals surface area contributed by atoms with Gasteiger partial charge in [-0.15, -0.1) is 0 Å². The van der Waals surface area contributed by atoms with Crippen molar-refractivity contribution in [3.05, 3.63) is 24.4 Å². The summed E-state index contributed by atoms with van der Waals surface area (Å²) in [5.74, 6) is 0.585. The number of halogens is 1. The summed E-state index contributed by atoms with van der Waals surface area (Å²) in [5.41, 5.74) is 0. The zero-order valence-electron chi connectivity index (χ0n) is 5.04. The highest BCUT2D eigenvalue weighted by Crippen LogP contribution is 2.01. The van der Waals surface area contributed by atoms with Crippen molar-refractivity contribution in [2.24, 2.45) is 0 Å². The molecule has 0 aromatic carbocycles. The van der Waals surface area contributed by atoms with Crippen LogP contribution in [0, 0.1) is 0 Å². The van der Waals surface area contributed by atoms with Gasteiger partial charge in [0.05, 0.1) is 0 Å². The maximum absolute atomic E-state index is 10.4. The SMILES string of the molecule is O=C(I)Nc1ccccn1. The molecule has 0 radical (unpaired) electrons. The molecule has 0 saturated heterocycles. The van der Waals surface area contributed by atoms with E-state index in [9.17, 15) is 4.79 Å². The Bertz CT molecular complexity index is 224. The standard InChI is InChI=1S/C6H5IN2O/c7-6(10)9-5-3-1-2-4-8-5/h1-4H,(H,8,9,10). The fraction of sp³-hybridized carbons (Fsp3) is 0. The van der Waals surface area contributed by atoms with Crippen LogP contribution in [-0.2, 0) is 0 Å². The number of hydrogen-bond acceptors (Lipinski definition) is 2. The van der Waals surface area contributed by atoms with Crippen LogP contribution in [0.25, 0.3) is 0 Å². The van der Waals surface area contributed by atoms with E-state index in [2.05, 4.69) is 10.3 Å². The van der Waals surface area contributed by atoms with Crippen LogP contribution in [-0.4, -0.2) is 8.90 Å². The Balaban J connectivity index is 2.67. The Morgan fingerprint density at radius 3 is 2.90 bits per heavy atom. The molecule has 4 heteroatoms. The van der Waals surface area contributed by atoms with Crippen LogP contribution >= 0.6 is 22.6 Å². The van der Waals surface area contributed by atoms with Crippen molar-refractivity contribution in [2.45, 2.75) is 0 Å². The molecule has 0 atom stereocenters. The second-order valence-electron chi connectivity index (χ2n) is 1.61. The van der Waals surface area contributed by atoms with Gasteiger partial charge in [-0.3, -0.25) is 4.79 Å². The number of nitrogens with zero attached hydrogens (tertiary/aromatic N) is 1. The summed E-state index contributed by atoms with van der Waals surface area (Å²) in [5, 5.41) is 2.54. The van der Waals surface area contributed by atoms with Crippen molar-refractivity contribution in [1.82, 2.24) is 4.98 Å². The van der Waals surface area contributed by atoms with Gasteiger partial charge in [0.25, 0.3) is 3.91 Å². The molecule has 0 aliphatic carbocycles. The van der Waals surface area contributed by atoms with Gasteiger partial charge >= 0.3 is 0 Å². The van der Waals surface area contributed by atoms with Gasteiger partial charge in [-0.05, 0) is 12.1 Å². The maximum Gasteiger partial charge on any atom is 0.286 e. The van der Waals surface area contributed by atoms with Crippen molar-refractivity contribution in [3.8, 4) is 0 Å². The lowest BCUT2D eigenvalue weighted by atomic mass is 10.5. The molecule has 1 rings (SSSR count). The minimum absolute atomic E-state index is 0.128. The molecule has 0 bridgehead atoms. The van der Waals surface area contributed by atoms with E-state index < -0.39 is 0 Å². The minimum atomic E-state index is -0.128. The highest BCUT2D eigenvalue weighted by atomic mass is 127. The summed E-state index contributed by atoms with van der Waals surface area (Å²) in [6.45, 7) is 0. The largest absolute Gasteiger partial charge is 0.302 e. The molecule has 0 fully saturated rings. The smallest absolute Gasteiger partial charge is 0.286 e. The number of rotatable bonds is 1. The van der Waals surface area contributed by atoms with E-state index in [1.165, 1.54) is 0 Å². The topological polar surface area (TPSA) is 42.0 Å². The lowest BCUT2D eigenvalue weighted by Gasteiger charge is -1.95. The number of amides is 1. The molecule has 52 valence electrons. The second kappa shape index (κ2) is 3.50. The summed E-state index contributed by atoms with van der Waals surface area (Å²) >= 11 is 1.66.